The maximum absolute atomic E-state index is 13.1. The van der Waals surface area contributed by atoms with E-state index < -0.39 is 6.10 Å². The Morgan fingerprint density at radius 1 is 1.25 bits per heavy atom. The van der Waals surface area contributed by atoms with Crippen molar-refractivity contribution >= 4 is 5.91 Å². The topological polar surface area (TPSA) is 67.6 Å². The zero-order chi connectivity index (χ0) is 19.7. The van der Waals surface area contributed by atoms with Gasteiger partial charge in [0.25, 0.3) is 0 Å². The van der Waals surface area contributed by atoms with E-state index in [0.717, 1.165) is 5.82 Å². The molecule has 4 atom stereocenters. The highest BCUT2D eigenvalue weighted by atomic mass is 19.1. The first-order chi connectivity index (χ1) is 13.5. The van der Waals surface area contributed by atoms with E-state index in [1.807, 2.05) is 22.6 Å². The number of rotatable bonds is 5. The van der Waals surface area contributed by atoms with Crippen LogP contribution in [0.1, 0.15) is 25.1 Å². The van der Waals surface area contributed by atoms with Crippen LogP contribution in [0.25, 0.3) is 0 Å². The van der Waals surface area contributed by atoms with Crippen molar-refractivity contribution in [3.63, 3.8) is 0 Å². The van der Waals surface area contributed by atoms with E-state index in [0.29, 0.717) is 56.5 Å². The smallest absolute Gasteiger partial charge is 0.224 e. The molecular weight excluding hydrogens is 361 g/mol. The highest BCUT2D eigenvalue weighted by Gasteiger charge is 2.43. The molecular formula is C21H26FN3O3. The van der Waals surface area contributed by atoms with Crippen LogP contribution in [0, 0.1) is 24.6 Å². The first-order valence-corrected chi connectivity index (χ1v) is 9.85. The number of nitrogens with zero attached hydrogens (tertiary/aromatic N) is 3. The zero-order valence-electron chi connectivity index (χ0n) is 16.0. The Morgan fingerprint density at radius 2 is 1.96 bits per heavy atom. The van der Waals surface area contributed by atoms with Gasteiger partial charge in [-0.1, -0.05) is 0 Å². The van der Waals surface area contributed by atoms with Gasteiger partial charge in [-0.05, 0) is 55.9 Å². The minimum atomic E-state index is -0.574. The van der Waals surface area contributed by atoms with Crippen molar-refractivity contribution in [2.75, 3.05) is 13.1 Å². The molecule has 0 unspecified atom stereocenters. The number of carbonyl (C=O) groups is 1. The van der Waals surface area contributed by atoms with Gasteiger partial charge in [0.05, 0.1) is 6.10 Å². The van der Waals surface area contributed by atoms with Gasteiger partial charge in [-0.3, -0.25) is 4.79 Å². The lowest BCUT2D eigenvalue weighted by Gasteiger charge is -2.35. The fourth-order valence-corrected chi connectivity index (χ4v) is 4.42. The summed E-state index contributed by atoms with van der Waals surface area (Å²) in [6.45, 7) is 3.97. The fraction of sp³-hybridized carbons (Fsp3) is 0.524. The number of ether oxygens (including phenoxy) is 1. The number of carbonyl (C=O) groups excluding carboxylic acids is 1. The van der Waals surface area contributed by atoms with Crippen LogP contribution in [-0.4, -0.2) is 50.8 Å². The molecule has 0 bridgehead atoms. The number of hydrogen-bond acceptors (Lipinski definition) is 4. The third-order valence-corrected chi connectivity index (χ3v) is 6.03. The highest BCUT2D eigenvalue weighted by molar-refractivity contribution is 5.76. The number of aryl methyl sites for hydroxylation is 2. The first kappa shape index (κ1) is 18.9. The van der Waals surface area contributed by atoms with Crippen molar-refractivity contribution in [3.8, 4) is 5.75 Å². The Kier molecular flexibility index (Phi) is 5.35. The van der Waals surface area contributed by atoms with Crippen LogP contribution in [0.5, 0.6) is 5.75 Å². The summed E-state index contributed by atoms with van der Waals surface area (Å²) >= 11 is 0. The third kappa shape index (κ3) is 4.04. The monoisotopic (exact) mass is 387 g/mol. The zero-order valence-corrected chi connectivity index (χ0v) is 16.0. The summed E-state index contributed by atoms with van der Waals surface area (Å²) in [7, 11) is 0. The molecule has 2 aliphatic rings. The van der Waals surface area contributed by atoms with Gasteiger partial charge in [-0.2, -0.15) is 0 Å². The number of likely N-dealkylation sites (tertiary alicyclic amines) is 1. The van der Waals surface area contributed by atoms with Gasteiger partial charge in [0.2, 0.25) is 5.91 Å². The standard InChI is InChI=1S/C21H26FN3O3/c1-14-23-7-9-24(14)8-6-21(27)25-12-15-10-19(26)20(11-16(15)13-25)28-18-4-2-17(22)3-5-18/h2-5,7,9,15-16,19-20,26H,6,8,10-13H2,1H3/t15-,16+,19+,20+/m0/s1. The SMILES string of the molecule is Cc1nccn1CCC(=O)N1C[C@H]2C[C@@H](Oc3ccc(F)cc3)[C@H](O)C[C@H]2C1. The number of imidazole rings is 1. The minimum absolute atomic E-state index is 0.146. The molecule has 1 aliphatic heterocycles. The van der Waals surface area contributed by atoms with E-state index in [1.165, 1.54) is 12.1 Å². The van der Waals surface area contributed by atoms with Crippen LogP contribution >= 0.6 is 0 Å². The average molecular weight is 387 g/mol. The second-order valence-electron chi connectivity index (χ2n) is 7.89. The minimum Gasteiger partial charge on any atom is -0.488 e. The van der Waals surface area contributed by atoms with E-state index in [1.54, 1.807) is 18.3 Å². The predicted octanol–water partition coefficient (Wildman–Crippen LogP) is 2.40. The molecule has 2 aromatic rings. The van der Waals surface area contributed by atoms with Crippen LogP contribution in [0.2, 0.25) is 0 Å². The van der Waals surface area contributed by atoms with Crippen molar-refractivity contribution < 1.29 is 19.0 Å². The predicted molar refractivity (Wildman–Crippen MR) is 101 cm³/mol. The number of hydrogen-bond donors (Lipinski definition) is 1. The molecule has 6 nitrogen and oxygen atoms in total. The van der Waals surface area contributed by atoms with Crippen LogP contribution in [0.3, 0.4) is 0 Å². The number of fused-ring (bicyclic) bond motifs is 1. The molecule has 1 saturated heterocycles. The molecule has 0 radical (unpaired) electrons. The van der Waals surface area contributed by atoms with Gasteiger partial charge >= 0.3 is 0 Å². The molecule has 7 heteroatoms. The molecule has 1 aliphatic carbocycles. The number of aromatic nitrogens is 2. The Bertz CT molecular complexity index is 823. The molecule has 2 fully saturated rings. The molecule has 1 aromatic heterocycles. The van der Waals surface area contributed by atoms with Crippen molar-refractivity contribution in [2.24, 2.45) is 11.8 Å². The van der Waals surface area contributed by atoms with Crippen molar-refractivity contribution in [2.45, 2.75) is 44.9 Å². The quantitative estimate of drug-likeness (QED) is 0.856. The molecule has 1 saturated carbocycles. The maximum atomic E-state index is 13.1. The maximum Gasteiger partial charge on any atom is 0.224 e. The van der Waals surface area contributed by atoms with Gasteiger partial charge in [0.1, 0.15) is 23.5 Å². The Hall–Kier alpha value is -2.41. The van der Waals surface area contributed by atoms with Crippen LogP contribution in [0.15, 0.2) is 36.7 Å². The fourth-order valence-electron chi connectivity index (χ4n) is 4.42. The van der Waals surface area contributed by atoms with E-state index in [2.05, 4.69) is 4.98 Å². The largest absolute Gasteiger partial charge is 0.488 e. The van der Waals surface area contributed by atoms with Crippen LogP contribution in [0.4, 0.5) is 4.39 Å². The summed E-state index contributed by atoms with van der Waals surface area (Å²) in [5.74, 6) is 1.94. The van der Waals surface area contributed by atoms with E-state index >= 15 is 0 Å². The number of aliphatic hydroxyl groups is 1. The summed E-state index contributed by atoms with van der Waals surface area (Å²) < 4.78 is 21.0. The normalized spacial score (nSPS) is 26.9. The highest BCUT2D eigenvalue weighted by Crippen LogP contribution is 2.38. The summed E-state index contributed by atoms with van der Waals surface area (Å²) in [5.41, 5.74) is 0. The Balaban J connectivity index is 1.32. The van der Waals surface area contributed by atoms with E-state index in [9.17, 15) is 14.3 Å². The Labute approximate surface area is 163 Å². The van der Waals surface area contributed by atoms with Gasteiger partial charge < -0.3 is 19.3 Å². The molecule has 1 aromatic carbocycles. The molecule has 150 valence electrons. The molecule has 0 spiro atoms. The lowest BCUT2D eigenvalue weighted by atomic mass is 9.78. The van der Waals surface area contributed by atoms with Crippen molar-refractivity contribution in [3.05, 3.63) is 48.3 Å². The molecule has 2 heterocycles. The summed E-state index contributed by atoms with van der Waals surface area (Å²) in [4.78, 5) is 18.8. The summed E-state index contributed by atoms with van der Waals surface area (Å²) in [6.07, 6.45) is 4.52. The van der Waals surface area contributed by atoms with Gasteiger partial charge in [0, 0.05) is 38.4 Å². The summed E-state index contributed by atoms with van der Waals surface area (Å²) in [5, 5.41) is 10.5. The molecule has 28 heavy (non-hydrogen) atoms. The average Bonchev–Trinajstić information content (AvgIpc) is 3.27. The van der Waals surface area contributed by atoms with Crippen LogP contribution < -0.4 is 4.74 Å². The van der Waals surface area contributed by atoms with Gasteiger partial charge in [0.15, 0.2) is 0 Å². The van der Waals surface area contributed by atoms with Crippen LogP contribution in [-0.2, 0) is 11.3 Å². The number of benzene rings is 1. The number of amides is 1. The van der Waals surface area contributed by atoms with Crippen molar-refractivity contribution in [1.82, 2.24) is 14.5 Å². The second kappa shape index (κ2) is 7.91. The third-order valence-electron chi connectivity index (χ3n) is 6.03. The molecule has 1 amide bonds. The number of aliphatic hydroxyl groups excluding tert-OH is 1. The second-order valence-corrected chi connectivity index (χ2v) is 7.89. The van der Waals surface area contributed by atoms with Gasteiger partial charge in [-0.25, -0.2) is 9.37 Å². The number of halogens is 1. The van der Waals surface area contributed by atoms with Gasteiger partial charge in [-0.15, -0.1) is 0 Å². The summed E-state index contributed by atoms with van der Waals surface area (Å²) in [6, 6.07) is 5.87. The Morgan fingerprint density at radius 3 is 2.64 bits per heavy atom. The van der Waals surface area contributed by atoms with E-state index in [4.69, 9.17) is 4.74 Å². The lowest BCUT2D eigenvalue weighted by molar-refractivity contribution is -0.130. The van der Waals surface area contributed by atoms with E-state index in [-0.39, 0.29) is 17.8 Å². The van der Waals surface area contributed by atoms with Crippen molar-refractivity contribution in [1.29, 1.82) is 0 Å². The molecule has 4 rings (SSSR count). The first-order valence-electron chi connectivity index (χ1n) is 9.85. The molecule has 1 N–H and O–H groups in total. The lowest BCUT2D eigenvalue weighted by Crippen LogP contribution is -2.42.